The van der Waals surface area contributed by atoms with Gasteiger partial charge < -0.3 is 5.11 Å². The fraction of sp³-hybridized carbons (Fsp3) is 0. The SMILES string of the molecule is O=C(O)c1ccccc1-c1cc(-c2ccc(Cl)cc2)n[nH]1. The van der Waals surface area contributed by atoms with E-state index in [1.807, 2.05) is 18.2 Å². The number of aromatic carboxylic acids is 1. The van der Waals surface area contributed by atoms with Crippen LogP contribution in [0.25, 0.3) is 22.5 Å². The minimum absolute atomic E-state index is 0.240. The predicted octanol–water partition coefficient (Wildman–Crippen LogP) is 4.10. The molecule has 0 radical (unpaired) electrons. The molecule has 1 heterocycles. The second-order valence-corrected chi connectivity index (χ2v) is 4.96. The molecule has 1 aromatic heterocycles. The van der Waals surface area contributed by atoms with Gasteiger partial charge in [0.1, 0.15) is 0 Å². The van der Waals surface area contributed by atoms with Gasteiger partial charge in [0.2, 0.25) is 0 Å². The summed E-state index contributed by atoms with van der Waals surface area (Å²) in [4.78, 5) is 11.3. The molecule has 0 aliphatic heterocycles. The summed E-state index contributed by atoms with van der Waals surface area (Å²) in [5.74, 6) is -0.965. The number of benzene rings is 2. The van der Waals surface area contributed by atoms with Gasteiger partial charge in [-0.3, -0.25) is 5.10 Å². The summed E-state index contributed by atoms with van der Waals surface area (Å²) in [5, 5.41) is 17.0. The van der Waals surface area contributed by atoms with Crippen LogP contribution in [0.3, 0.4) is 0 Å². The third-order valence-corrected chi connectivity index (χ3v) is 3.42. The smallest absolute Gasteiger partial charge is 0.336 e. The number of carboxylic acid groups (broad SMARTS) is 1. The quantitative estimate of drug-likeness (QED) is 0.765. The van der Waals surface area contributed by atoms with E-state index in [4.69, 9.17) is 11.6 Å². The molecule has 0 unspecified atom stereocenters. The minimum Gasteiger partial charge on any atom is -0.478 e. The number of carboxylic acids is 1. The molecule has 5 heteroatoms. The Hall–Kier alpha value is -2.59. The molecule has 0 aliphatic rings. The van der Waals surface area contributed by atoms with Gasteiger partial charge in [-0.1, -0.05) is 41.9 Å². The van der Waals surface area contributed by atoms with E-state index in [2.05, 4.69) is 10.2 Å². The van der Waals surface area contributed by atoms with Crippen molar-refractivity contribution in [2.24, 2.45) is 0 Å². The summed E-state index contributed by atoms with van der Waals surface area (Å²) in [6.07, 6.45) is 0. The average Bonchev–Trinajstić information content (AvgIpc) is 2.97. The van der Waals surface area contributed by atoms with Crippen LogP contribution < -0.4 is 0 Å². The van der Waals surface area contributed by atoms with Crippen LogP contribution in [0.4, 0.5) is 0 Å². The van der Waals surface area contributed by atoms with E-state index < -0.39 is 5.97 Å². The second kappa shape index (κ2) is 5.42. The van der Waals surface area contributed by atoms with Gasteiger partial charge in [0.25, 0.3) is 0 Å². The molecule has 0 atom stereocenters. The Morgan fingerprint density at radius 1 is 1.10 bits per heavy atom. The number of halogens is 1. The Balaban J connectivity index is 2.03. The summed E-state index contributed by atoms with van der Waals surface area (Å²) < 4.78 is 0. The maximum Gasteiger partial charge on any atom is 0.336 e. The average molecular weight is 299 g/mol. The monoisotopic (exact) mass is 298 g/mol. The number of rotatable bonds is 3. The highest BCUT2D eigenvalue weighted by atomic mass is 35.5. The van der Waals surface area contributed by atoms with Gasteiger partial charge >= 0.3 is 5.97 Å². The molecule has 21 heavy (non-hydrogen) atoms. The number of nitrogens with one attached hydrogen (secondary N) is 1. The van der Waals surface area contributed by atoms with Crippen molar-refractivity contribution in [2.75, 3.05) is 0 Å². The van der Waals surface area contributed by atoms with E-state index in [0.29, 0.717) is 16.3 Å². The first-order chi connectivity index (χ1) is 10.1. The number of hydrogen-bond donors (Lipinski definition) is 2. The third kappa shape index (κ3) is 2.66. The van der Waals surface area contributed by atoms with Crippen LogP contribution in [0, 0.1) is 0 Å². The van der Waals surface area contributed by atoms with E-state index in [1.165, 1.54) is 0 Å². The topological polar surface area (TPSA) is 66.0 Å². The number of aromatic amines is 1. The van der Waals surface area contributed by atoms with Gasteiger partial charge in [-0.25, -0.2) is 4.79 Å². The van der Waals surface area contributed by atoms with Crippen molar-refractivity contribution >= 4 is 17.6 Å². The third-order valence-electron chi connectivity index (χ3n) is 3.17. The first-order valence-corrected chi connectivity index (χ1v) is 6.67. The number of nitrogens with zero attached hydrogens (tertiary/aromatic N) is 1. The number of H-pyrrole nitrogens is 1. The van der Waals surface area contributed by atoms with E-state index in [-0.39, 0.29) is 5.56 Å². The van der Waals surface area contributed by atoms with Crippen molar-refractivity contribution in [1.29, 1.82) is 0 Å². The Kier molecular flexibility index (Phi) is 3.46. The molecule has 4 nitrogen and oxygen atoms in total. The van der Waals surface area contributed by atoms with Gasteiger partial charge in [0.05, 0.1) is 17.0 Å². The summed E-state index contributed by atoms with van der Waals surface area (Å²) in [6.45, 7) is 0. The molecular weight excluding hydrogens is 288 g/mol. The molecule has 2 N–H and O–H groups in total. The van der Waals surface area contributed by atoms with Gasteiger partial charge in [-0.2, -0.15) is 5.10 Å². The minimum atomic E-state index is -0.965. The first-order valence-electron chi connectivity index (χ1n) is 6.29. The van der Waals surface area contributed by atoms with Gasteiger partial charge in [0, 0.05) is 16.1 Å². The van der Waals surface area contributed by atoms with Gasteiger partial charge in [0.15, 0.2) is 0 Å². The molecule has 0 fully saturated rings. The molecule has 2 aromatic carbocycles. The summed E-state index contributed by atoms with van der Waals surface area (Å²) >= 11 is 5.86. The first kappa shape index (κ1) is 13.4. The summed E-state index contributed by atoms with van der Waals surface area (Å²) in [7, 11) is 0. The van der Waals surface area contributed by atoms with E-state index in [9.17, 15) is 9.90 Å². The van der Waals surface area contributed by atoms with Crippen LogP contribution in [0.1, 0.15) is 10.4 Å². The molecule has 0 bridgehead atoms. The standard InChI is InChI=1S/C16H11ClN2O2/c17-11-7-5-10(6-8-11)14-9-15(19-18-14)12-3-1-2-4-13(12)16(20)21/h1-9H,(H,18,19)(H,20,21). The fourth-order valence-electron chi connectivity index (χ4n) is 2.13. The molecule has 104 valence electrons. The van der Waals surface area contributed by atoms with E-state index in [1.54, 1.807) is 36.4 Å². The van der Waals surface area contributed by atoms with Crippen molar-refractivity contribution < 1.29 is 9.90 Å². The fourth-order valence-corrected chi connectivity index (χ4v) is 2.26. The summed E-state index contributed by atoms with van der Waals surface area (Å²) in [6, 6.07) is 16.0. The zero-order chi connectivity index (χ0) is 14.8. The van der Waals surface area contributed by atoms with Crippen LogP contribution in [-0.2, 0) is 0 Å². The van der Waals surface area contributed by atoms with E-state index in [0.717, 1.165) is 11.3 Å². The second-order valence-electron chi connectivity index (χ2n) is 4.52. The van der Waals surface area contributed by atoms with Crippen LogP contribution >= 0.6 is 11.6 Å². The van der Waals surface area contributed by atoms with Crippen LogP contribution in [-0.4, -0.2) is 21.3 Å². The zero-order valence-electron chi connectivity index (χ0n) is 10.9. The van der Waals surface area contributed by atoms with Crippen molar-refractivity contribution in [3.63, 3.8) is 0 Å². The molecule has 3 rings (SSSR count). The maximum atomic E-state index is 11.3. The summed E-state index contributed by atoms with van der Waals surface area (Å²) in [5.41, 5.74) is 3.16. The molecular formula is C16H11ClN2O2. The Labute approximate surface area is 126 Å². The lowest BCUT2D eigenvalue weighted by atomic mass is 10.0. The highest BCUT2D eigenvalue weighted by Gasteiger charge is 2.13. The Morgan fingerprint density at radius 3 is 2.52 bits per heavy atom. The highest BCUT2D eigenvalue weighted by Crippen LogP contribution is 2.27. The number of carbonyl (C=O) groups is 1. The van der Waals surface area contributed by atoms with Gasteiger partial charge in [-0.15, -0.1) is 0 Å². The van der Waals surface area contributed by atoms with Crippen molar-refractivity contribution in [1.82, 2.24) is 10.2 Å². The van der Waals surface area contributed by atoms with Crippen LogP contribution in [0.15, 0.2) is 54.6 Å². The molecule has 0 saturated heterocycles. The Morgan fingerprint density at radius 2 is 1.81 bits per heavy atom. The zero-order valence-corrected chi connectivity index (χ0v) is 11.6. The predicted molar refractivity (Wildman–Crippen MR) is 81.4 cm³/mol. The van der Waals surface area contributed by atoms with Crippen molar-refractivity contribution in [3.8, 4) is 22.5 Å². The molecule has 0 amide bonds. The number of aromatic nitrogens is 2. The maximum absolute atomic E-state index is 11.3. The van der Waals surface area contributed by atoms with Crippen molar-refractivity contribution in [2.45, 2.75) is 0 Å². The largest absolute Gasteiger partial charge is 0.478 e. The molecule has 3 aromatic rings. The lowest BCUT2D eigenvalue weighted by Gasteiger charge is -2.02. The Bertz CT molecular complexity index is 794. The van der Waals surface area contributed by atoms with Gasteiger partial charge in [-0.05, 0) is 24.3 Å². The lowest BCUT2D eigenvalue weighted by molar-refractivity contribution is 0.0697. The molecule has 0 spiro atoms. The van der Waals surface area contributed by atoms with E-state index >= 15 is 0 Å². The lowest BCUT2D eigenvalue weighted by Crippen LogP contribution is -1.98. The molecule has 0 aliphatic carbocycles. The van der Waals surface area contributed by atoms with Crippen LogP contribution in [0.5, 0.6) is 0 Å². The number of hydrogen-bond acceptors (Lipinski definition) is 2. The van der Waals surface area contributed by atoms with Crippen molar-refractivity contribution in [3.05, 3.63) is 65.2 Å². The van der Waals surface area contributed by atoms with Crippen LogP contribution in [0.2, 0.25) is 5.02 Å². The highest BCUT2D eigenvalue weighted by molar-refractivity contribution is 6.30. The normalized spacial score (nSPS) is 10.5. The molecule has 0 saturated carbocycles.